The second-order valence-corrected chi connectivity index (χ2v) is 16.0. The molecule has 0 aromatic rings. The SMILES string of the molecule is C[C@H]1C[C@H]2[C@@H]3CCC4=CC(=O)C=C[C@]4(C)[C@@]3(Cl)[C@@H](O)C[C@]2(C)[C@@]1(O)C(=O)COC(=O)CC(NC(=O)CCCCCO[N+](=O)[O-])C(=O)OCCCCO[N+](=O)[O-]. The molecule has 0 radical (unpaired) electrons. The molecule has 18 nitrogen and oxygen atoms in total. The van der Waals surface area contributed by atoms with E-state index < -0.39 is 86.2 Å². The summed E-state index contributed by atoms with van der Waals surface area (Å²) < 4.78 is 10.5. The molecule has 55 heavy (non-hydrogen) atoms. The number of fused-ring (bicyclic) bond motifs is 5. The predicted octanol–water partition coefficient (Wildman–Crippen LogP) is 2.89. The number of nitrogens with zero attached hydrogens (tertiary/aromatic N) is 2. The fourth-order valence-corrected chi connectivity index (χ4v) is 9.92. The van der Waals surface area contributed by atoms with Crippen molar-refractivity contribution in [1.29, 1.82) is 0 Å². The van der Waals surface area contributed by atoms with Crippen LogP contribution in [0.5, 0.6) is 0 Å². The van der Waals surface area contributed by atoms with Gasteiger partial charge in [0.25, 0.3) is 10.2 Å². The van der Waals surface area contributed by atoms with E-state index in [0.29, 0.717) is 32.1 Å². The van der Waals surface area contributed by atoms with Crippen molar-refractivity contribution in [1.82, 2.24) is 5.32 Å². The highest BCUT2D eigenvalue weighted by molar-refractivity contribution is 6.26. The summed E-state index contributed by atoms with van der Waals surface area (Å²) in [5.41, 5.74) is -3.19. The van der Waals surface area contributed by atoms with Crippen molar-refractivity contribution in [2.45, 2.75) is 114 Å². The number of hydrogen-bond acceptors (Lipinski definition) is 15. The molecule has 9 atom stereocenters. The molecular formula is C36H50ClN3O15. The quantitative estimate of drug-likeness (QED) is 0.0526. The topological polar surface area (TPSA) is 261 Å². The van der Waals surface area contributed by atoms with Crippen molar-refractivity contribution in [3.63, 3.8) is 0 Å². The molecular weight excluding hydrogens is 750 g/mol. The van der Waals surface area contributed by atoms with Crippen molar-refractivity contribution < 1.29 is 63.5 Å². The predicted molar refractivity (Wildman–Crippen MR) is 190 cm³/mol. The first-order valence-electron chi connectivity index (χ1n) is 18.5. The minimum Gasteiger partial charge on any atom is -0.464 e. The molecule has 0 heterocycles. The molecule has 4 aliphatic rings. The monoisotopic (exact) mass is 799 g/mol. The highest BCUT2D eigenvalue weighted by atomic mass is 35.5. The molecule has 4 aliphatic carbocycles. The van der Waals surface area contributed by atoms with Crippen molar-refractivity contribution in [3.05, 3.63) is 44.0 Å². The number of unbranched alkanes of at least 4 members (excludes halogenated alkanes) is 3. The molecule has 0 aromatic heterocycles. The van der Waals surface area contributed by atoms with E-state index in [1.165, 1.54) is 6.08 Å². The molecule has 0 spiro atoms. The number of ketones is 2. The van der Waals surface area contributed by atoms with Gasteiger partial charge in [-0.2, -0.15) is 0 Å². The average Bonchev–Trinajstić information content (AvgIpc) is 3.31. The lowest BCUT2D eigenvalue weighted by atomic mass is 9.45. The third-order valence-corrected chi connectivity index (χ3v) is 13.2. The largest absolute Gasteiger partial charge is 0.464 e. The van der Waals surface area contributed by atoms with Crippen molar-refractivity contribution >= 4 is 41.0 Å². The maximum atomic E-state index is 14.0. The zero-order valence-corrected chi connectivity index (χ0v) is 32.0. The molecule has 1 unspecified atom stereocenters. The van der Waals surface area contributed by atoms with Gasteiger partial charge in [-0.25, -0.2) is 4.79 Å². The number of carbonyl (C=O) groups excluding carboxylic acids is 5. The van der Waals surface area contributed by atoms with E-state index >= 15 is 0 Å². The van der Waals surface area contributed by atoms with Crippen LogP contribution in [0.1, 0.15) is 91.4 Å². The molecule has 19 heteroatoms. The van der Waals surface area contributed by atoms with Crippen molar-refractivity contribution in [2.75, 3.05) is 26.4 Å². The zero-order chi connectivity index (χ0) is 40.8. The maximum Gasteiger partial charge on any atom is 0.329 e. The third-order valence-electron chi connectivity index (χ3n) is 12.2. The number of rotatable bonds is 20. The fourth-order valence-electron chi connectivity index (χ4n) is 9.40. The van der Waals surface area contributed by atoms with Gasteiger partial charge in [-0.3, -0.25) is 19.2 Å². The van der Waals surface area contributed by atoms with Crippen LogP contribution in [0.3, 0.4) is 0 Å². The molecule has 1 amide bonds. The van der Waals surface area contributed by atoms with E-state index in [1.54, 1.807) is 26.0 Å². The highest BCUT2D eigenvalue weighted by Crippen LogP contribution is 2.71. The fraction of sp³-hybridized carbons (Fsp3) is 0.750. The van der Waals surface area contributed by atoms with Gasteiger partial charge in [-0.15, -0.1) is 31.8 Å². The average molecular weight is 800 g/mol. The minimum atomic E-state index is -2.03. The van der Waals surface area contributed by atoms with Gasteiger partial charge in [0.1, 0.15) is 11.6 Å². The van der Waals surface area contributed by atoms with E-state index in [9.17, 15) is 54.4 Å². The van der Waals surface area contributed by atoms with E-state index in [2.05, 4.69) is 15.0 Å². The number of carbonyl (C=O) groups is 5. The lowest BCUT2D eigenvalue weighted by Crippen LogP contribution is -2.69. The van der Waals surface area contributed by atoms with Crippen LogP contribution in [0.2, 0.25) is 0 Å². The molecule has 0 saturated heterocycles. The Morgan fingerprint density at radius 3 is 2.29 bits per heavy atom. The van der Waals surface area contributed by atoms with E-state index in [0.717, 1.165) is 5.57 Å². The Bertz CT molecular complexity index is 1590. The molecule has 306 valence electrons. The van der Waals surface area contributed by atoms with E-state index in [1.807, 2.05) is 6.92 Å². The van der Waals surface area contributed by atoms with Crippen molar-refractivity contribution in [2.24, 2.45) is 28.6 Å². The van der Waals surface area contributed by atoms with Gasteiger partial charge >= 0.3 is 11.9 Å². The van der Waals surface area contributed by atoms with Gasteiger partial charge in [-0.05, 0) is 81.3 Å². The molecule has 3 N–H and O–H groups in total. The number of alkyl halides is 1. The maximum absolute atomic E-state index is 14.0. The van der Waals surface area contributed by atoms with Crippen LogP contribution in [-0.2, 0) is 43.1 Å². The van der Waals surface area contributed by atoms with Gasteiger partial charge in [0.05, 0.1) is 37.2 Å². The second-order valence-electron chi connectivity index (χ2n) is 15.4. The van der Waals surface area contributed by atoms with Crippen LogP contribution < -0.4 is 5.32 Å². The number of ether oxygens (including phenoxy) is 2. The van der Waals surface area contributed by atoms with Gasteiger partial charge in [0, 0.05) is 17.3 Å². The normalized spacial score (nSPS) is 32.5. The van der Waals surface area contributed by atoms with Gasteiger partial charge in [0.2, 0.25) is 11.7 Å². The number of aliphatic hydroxyl groups excluding tert-OH is 1. The van der Waals surface area contributed by atoms with Crippen LogP contribution in [0.15, 0.2) is 23.8 Å². The summed E-state index contributed by atoms with van der Waals surface area (Å²) >= 11 is 7.46. The number of halogens is 1. The summed E-state index contributed by atoms with van der Waals surface area (Å²) in [7, 11) is 0. The van der Waals surface area contributed by atoms with E-state index in [-0.39, 0.29) is 69.5 Å². The number of amides is 1. The smallest absolute Gasteiger partial charge is 0.329 e. The number of Topliss-reactive ketones (excluding diaryl/α,β-unsaturated/α-hetero) is 1. The second kappa shape index (κ2) is 17.7. The summed E-state index contributed by atoms with van der Waals surface area (Å²) in [6, 6.07) is -1.53. The molecule has 0 aliphatic heterocycles. The van der Waals surface area contributed by atoms with Gasteiger partial charge < -0.3 is 34.7 Å². The summed E-state index contributed by atoms with van der Waals surface area (Å²) in [6.07, 6.45) is 5.56. The molecule has 3 saturated carbocycles. The number of hydrogen-bond donors (Lipinski definition) is 3. The van der Waals surface area contributed by atoms with Crippen molar-refractivity contribution in [3.8, 4) is 0 Å². The van der Waals surface area contributed by atoms with Crippen LogP contribution in [-0.4, -0.2) is 98.8 Å². The lowest BCUT2D eigenvalue weighted by molar-refractivity contribution is -0.757. The summed E-state index contributed by atoms with van der Waals surface area (Å²) in [6.45, 7) is 3.93. The standard InChI is InChI=1S/C36H50ClN3O15/c1-22-17-26-25-11-10-23-18-24(41)12-13-33(23,2)35(25,37)28(42)20-34(26,3)36(22,47)29(43)21-53-31(45)19-27(32(46)52-14-7-8-16-55-40(50)51)38-30(44)9-5-4-6-15-54-39(48)49/h12-13,18,22,25-28,42,47H,4-11,14-17,19-21H2,1-3H3,(H,38,44)/t22-,25-,26-,27?,28-,33-,34-,35-,36-/m0/s1. The summed E-state index contributed by atoms with van der Waals surface area (Å²) in [5, 5.41) is 45.2. The molecule has 0 bridgehead atoms. The summed E-state index contributed by atoms with van der Waals surface area (Å²) in [5.74, 6) is -4.88. The first kappa shape index (κ1) is 43.6. The molecule has 4 rings (SSSR count). The zero-order valence-electron chi connectivity index (χ0n) is 31.2. The molecule has 3 fully saturated rings. The Morgan fingerprint density at radius 2 is 1.64 bits per heavy atom. The number of nitrogens with one attached hydrogen (secondary N) is 1. The Labute approximate surface area is 322 Å². The number of esters is 2. The van der Waals surface area contributed by atoms with Crippen LogP contribution in [0, 0.1) is 48.8 Å². The number of aliphatic hydroxyl groups is 2. The first-order valence-corrected chi connectivity index (χ1v) is 18.9. The lowest BCUT2D eigenvalue weighted by Gasteiger charge is -2.63. The Morgan fingerprint density at radius 1 is 1.00 bits per heavy atom. The Kier molecular flexibility index (Phi) is 14.1. The van der Waals surface area contributed by atoms with E-state index in [4.69, 9.17) is 21.1 Å². The number of allylic oxidation sites excluding steroid dienone is 4. The molecule has 0 aromatic carbocycles. The first-order chi connectivity index (χ1) is 25.8. The highest BCUT2D eigenvalue weighted by Gasteiger charge is 2.74. The summed E-state index contributed by atoms with van der Waals surface area (Å²) in [4.78, 5) is 92.7. The van der Waals surface area contributed by atoms with Gasteiger partial charge in [-0.1, -0.05) is 38.8 Å². The van der Waals surface area contributed by atoms with Crippen LogP contribution in [0.4, 0.5) is 0 Å². The van der Waals surface area contributed by atoms with Gasteiger partial charge in [0.15, 0.2) is 12.4 Å². The Balaban J connectivity index is 1.40. The minimum absolute atomic E-state index is 0.0380. The van der Waals surface area contributed by atoms with Crippen LogP contribution >= 0.6 is 11.6 Å². The Hall–Kier alpha value is -4.16. The third kappa shape index (κ3) is 8.96. The van der Waals surface area contributed by atoms with Crippen LogP contribution in [0.25, 0.3) is 0 Å².